The molecule has 2 N–H and O–H groups in total. The normalized spacial score (nSPS) is 16.2. The van der Waals surface area contributed by atoms with Gasteiger partial charge in [0, 0.05) is 12.7 Å². The molecule has 1 fully saturated rings. The van der Waals surface area contributed by atoms with Gasteiger partial charge in [0.2, 0.25) is 0 Å². The first-order chi connectivity index (χ1) is 11.3. The lowest BCUT2D eigenvalue weighted by atomic mass is 10.2. The molecule has 2 amide bonds. The third-order valence-corrected chi connectivity index (χ3v) is 4.07. The minimum absolute atomic E-state index is 0.0908. The van der Waals surface area contributed by atoms with Crippen LogP contribution in [0.1, 0.15) is 30.3 Å². The highest BCUT2D eigenvalue weighted by Gasteiger charge is 2.25. The maximum Gasteiger partial charge on any atom is 0.315 e. The van der Waals surface area contributed by atoms with Gasteiger partial charge in [0.05, 0.1) is 24.5 Å². The van der Waals surface area contributed by atoms with E-state index in [-0.39, 0.29) is 12.1 Å². The van der Waals surface area contributed by atoms with E-state index in [0.29, 0.717) is 13.1 Å². The van der Waals surface area contributed by atoms with Gasteiger partial charge in [0.25, 0.3) is 0 Å². The minimum Gasteiger partial charge on any atom is -0.468 e. The first-order valence-corrected chi connectivity index (χ1v) is 8.02. The van der Waals surface area contributed by atoms with Crippen molar-refractivity contribution in [3.05, 3.63) is 54.2 Å². The molecule has 0 aromatic carbocycles. The van der Waals surface area contributed by atoms with Crippen LogP contribution in [0, 0.1) is 0 Å². The lowest BCUT2D eigenvalue weighted by Gasteiger charge is -2.26. The van der Waals surface area contributed by atoms with Gasteiger partial charge in [0.1, 0.15) is 5.76 Å². The molecule has 0 spiro atoms. The summed E-state index contributed by atoms with van der Waals surface area (Å²) < 4.78 is 5.55. The molecule has 23 heavy (non-hydrogen) atoms. The van der Waals surface area contributed by atoms with Gasteiger partial charge in [0.15, 0.2) is 0 Å². The van der Waals surface area contributed by atoms with Crippen molar-refractivity contribution in [3.8, 4) is 0 Å². The number of urea groups is 1. The summed E-state index contributed by atoms with van der Waals surface area (Å²) in [7, 11) is 0. The smallest absolute Gasteiger partial charge is 0.315 e. The SMILES string of the molecule is O=C(NCc1ccccn1)NC[C@@H](c1ccco1)N1CCCC1. The number of nitrogens with zero attached hydrogens (tertiary/aromatic N) is 2. The van der Waals surface area contributed by atoms with Crippen molar-refractivity contribution in [1.82, 2.24) is 20.5 Å². The van der Waals surface area contributed by atoms with E-state index in [1.807, 2.05) is 30.3 Å². The van der Waals surface area contributed by atoms with E-state index in [1.165, 1.54) is 12.8 Å². The molecule has 0 bridgehead atoms. The van der Waals surface area contributed by atoms with Crippen LogP contribution in [0.25, 0.3) is 0 Å². The fraction of sp³-hybridized carbons (Fsp3) is 0.412. The zero-order chi connectivity index (χ0) is 15.9. The molecule has 0 unspecified atom stereocenters. The molecule has 122 valence electrons. The fourth-order valence-electron chi connectivity index (χ4n) is 2.87. The predicted molar refractivity (Wildman–Crippen MR) is 86.7 cm³/mol. The third-order valence-electron chi connectivity index (χ3n) is 4.07. The summed E-state index contributed by atoms with van der Waals surface area (Å²) in [6, 6.07) is 9.40. The Hall–Kier alpha value is -2.34. The van der Waals surface area contributed by atoms with Gasteiger partial charge in [-0.25, -0.2) is 4.79 Å². The van der Waals surface area contributed by atoms with E-state index in [1.54, 1.807) is 12.5 Å². The van der Waals surface area contributed by atoms with Crippen LogP contribution in [0.2, 0.25) is 0 Å². The molecule has 3 heterocycles. The van der Waals surface area contributed by atoms with Crippen LogP contribution in [0.3, 0.4) is 0 Å². The van der Waals surface area contributed by atoms with Crippen molar-refractivity contribution < 1.29 is 9.21 Å². The van der Waals surface area contributed by atoms with Crippen molar-refractivity contribution in [2.75, 3.05) is 19.6 Å². The van der Waals surface area contributed by atoms with Gasteiger partial charge in [-0.1, -0.05) is 6.07 Å². The number of aromatic nitrogens is 1. The number of carbonyl (C=O) groups excluding carboxylic acids is 1. The summed E-state index contributed by atoms with van der Waals surface area (Å²) in [4.78, 5) is 18.5. The summed E-state index contributed by atoms with van der Waals surface area (Å²) in [5, 5.41) is 5.77. The molecule has 1 atom stereocenters. The summed E-state index contributed by atoms with van der Waals surface area (Å²) in [6.45, 7) is 3.04. The van der Waals surface area contributed by atoms with Crippen LogP contribution in [0.4, 0.5) is 4.79 Å². The molecule has 0 radical (unpaired) electrons. The number of carbonyl (C=O) groups is 1. The van der Waals surface area contributed by atoms with Gasteiger partial charge in [-0.3, -0.25) is 9.88 Å². The molecule has 1 aliphatic rings. The molecule has 0 aliphatic carbocycles. The summed E-state index contributed by atoms with van der Waals surface area (Å²) in [6.07, 6.45) is 5.79. The molecule has 0 saturated carbocycles. The molecule has 2 aromatic rings. The van der Waals surface area contributed by atoms with E-state index >= 15 is 0 Å². The Morgan fingerprint density at radius 1 is 1.22 bits per heavy atom. The Labute approximate surface area is 135 Å². The summed E-state index contributed by atoms with van der Waals surface area (Å²) in [5.41, 5.74) is 0.838. The Morgan fingerprint density at radius 3 is 2.78 bits per heavy atom. The van der Waals surface area contributed by atoms with Crippen LogP contribution in [0.15, 0.2) is 47.2 Å². The number of furan rings is 1. The largest absolute Gasteiger partial charge is 0.468 e. The summed E-state index contributed by atoms with van der Waals surface area (Å²) >= 11 is 0. The Morgan fingerprint density at radius 2 is 2.09 bits per heavy atom. The van der Waals surface area contributed by atoms with Crippen LogP contribution < -0.4 is 10.6 Å². The number of hydrogen-bond acceptors (Lipinski definition) is 4. The molecular formula is C17H22N4O2. The van der Waals surface area contributed by atoms with E-state index in [0.717, 1.165) is 24.5 Å². The molecule has 1 aliphatic heterocycles. The number of amides is 2. The highest BCUT2D eigenvalue weighted by atomic mass is 16.3. The van der Waals surface area contributed by atoms with Gasteiger partial charge in [-0.15, -0.1) is 0 Å². The Bertz CT molecular complexity index is 594. The fourth-order valence-corrected chi connectivity index (χ4v) is 2.87. The quantitative estimate of drug-likeness (QED) is 0.858. The van der Waals surface area contributed by atoms with Crippen molar-refractivity contribution in [2.45, 2.75) is 25.4 Å². The van der Waals surface area contributed by atoms with E-state index in [9.17, 15) is 4.79 Å². The number of nitrogens with one attached hydrogen (secondary N) is 2. The van der Waals surface area contributed by atoms with Gasteiger partial charge >= 0.3 is 6.03 Å². The molecule has 2 aromatic heterocycles. The zero-order valence-electron chi connectivity index (χ0n) is 13.1. The van der Waals surface area contributed by atoms with E-state index in [4.69, 9.17) is 4.42 Å². The Balaban J connectivity index is 1.51. The zero-order valence-corrected chi connectivity index (χ0v) is 13.1. The van der Waals surface area contributed by atoms with Gasteiger partial charge in [-0.2, -0.15) is 0 Å². The number of hydrogen-bond donors (Lipinski definition) is 2. The van der Waals surface area contributed by atoms with Gasteiger partial charge in [-0.05, 0) is 50.2 Å². The topological polar surface area (TPSA) is 70.4 Å². The highest BCUT2D eigenvalue weighted by Crippen LogP contribution is 2.24. The first-order valence-electron chi connectivity index (χ1n) is 8.02. The van der Waals surface area contributed by atoms with Crippen LogP contribution in [-0.2, 0) is 6.54 Å². The number of rotatable bonds is 6. The van der Waals surface area contributed by atoms with Gasteiger partial charge < -0.3 is 15.1 Å². The van der Waals surface area contributed by atoms with Crippen LogP contribution in [-0.4, -0.2) is 35.5 Å². The standard InChI is InChI=1S/C17H22N4O2/c22-17(19-12-14-6-1-2-8-18-14)20-13-15(16-7-5-11-23-16)21-9-3-4-10-21/h1-2,5-8,11,15H,3-4,9-10,12-13H2,(H2,19,20,22)/t15-/m0/s1. The van der Waals surface area contributed by atoms with E-state index < -0.39 is 0 Å². The lowest BCUT2D eigenvalue weighted by molar-refractivity contribution is 0.203. The van der Waals surface area contributed by atoms with Crippen molar-refractivity contribution >= 4 is 6.03 Å². The second kappa shape index (κ2) is 7.78. The van der Waals surface area contributed by atoms with Crippen molar-refractivity contribution in [2.24, 2.45) is 0 Å². The molecule has 1 saturated heterocycles. The molecular weight excluding hydrogens is 292 g/mol. The monoisotopic (exact) mass is 314 g/mol. The van der Waals surface area contributed by atoms with Crippen LogP contribution >= 0.6 is 0 Å². The maximum absolute atomic E-state index is 12.0. The second-order valence-corrected chi connectivity index (χ2v) is 5.66. The lowest BCUT2D eigenvalue weighted by Crippen LogP contribution is -2.41. The number of pyridine rings is 1. The maximum atomic E-state index is 12.0. The first kappa shape index (κ1) is 15.6. The van der Waals surface area contributed by atoms with Crippen molar-refractivity contribution in [1.29, 1.82) is 0 Å². The average Bonchev–Trinajstić information content (AvgIpc) is 3.28. The van der Waals surface area contributed by atoms with Crippen molar-refractivity contribution in [3.63, 3.8) is 0 Å². The third kappa shape index (κ3) is 4.32. The second-order valence-electron chi connectivity index (χ2n) is 5.66. The predicted octanol–water partition coefficient (Wildman–Crippen LogP) is 2.31. The Kier molecular flexibility index (Phi) is 5.26. The summed E-state index contributed by atoms with van der Waals surface area (Å²) in [5.74, 6) is 0.900. The highest BCUT2D eigenvalue weighted by molar-refractivity contribution is 5.73. The number of likely N-dealkylation sites (tertiary alicyclic amines) is 1. The molecule has 6 heteroatoms. The van der Waals surface area contributed by atoms with Crippen LogP contribution in [0.5, 0.6) is 0 Å². The van der Waals surface area contributed by atoms with E-state index in [2.05, 4.69) is 20.5 Å². The molecule has 3 rings (SSSR count). The molecule has 6 nitrogen and oxygen atoms in total. The average molecular weight is 314 g/mol. The minimum atomic E-state index is -0.189.